The number of ether oxygens (including phenoxy) is 1. The average molecular weight is 177 g/mol. The van der Waals surface area contributed by atoms with Crippen LogP contribution in [0.4, 0.5) is 0 Å². The van der Waals surface area contributed by atoms with Gasteiger partial charge in [-0.2, -0.15) is 0 Å². The van der Waals surface area contributed by atoms with Crippen LogP contribution in [0.5, 0.6) is 0 Å². The Hall–Kier alpha value is -1.05. The molecule has 0 aromatic carbocycles. The van der Waals surface area contributed by atoms with Gasteiger partial charge in [-0.3, -0.25) is 0 Å². The standard InChI is InChI=1S/C11H15NO/c1-11(2,3)10-12-8-6-4-5-7-9(8)13-10/h4-9H,1-3H3. The summed E-state index contributed by atoms with van der Waals surface area (Å²) in [7, 11) is 0. The van der Waals surface area contributed by atoms with Crippen molar-refractivity contribution in [2.24, 2.45) is 10.4 Å². The lowest BCUT2D eigenvalue weighted by Crippen LogP contribution is -2.24. The van der Waals surface area contributed by atoms with Crippen molar-refractivity contribution in [1.82, 2.24) is 0 Å². The third kappa shape index (κ3) is 1.53. The van der Waals surface area contributed by atoms with Gasteiger partial charge in [0, 0.05) is 5.41 Å². The molecule has 0 fully saturated rings. The first kappa shape index (κ1) is 8.54. The minimum Gasteiger partial charge on any atom is -0.470 e. The maximum Gasteiger partial charge on any atom is 0.190 e. The van der Waals surface area contributed by atoms with Gasteiger partial charge in [0.2, 0.25) is 0 Å². The molecule has 0 saturated carbocycles. The van der Waals surface area contributed by atoms with Crippen molar-refractivity contribution < 1.29 is 4.74 Å². The summed E-state index contributed by atoms with van der Waals surface area (Å²) in [6, 6.07) is 0.208. The van der Waals surface area contributed by atoms with Crippen LogP contribution < -0.4 is 0 Å². The van der Waals surface area contributed by atoms with Gasteiger partial charge >= 0.3 is 0 Å². The number of nitrogens with zero attached hydrogens (tertiary/aromatic N) is 1. The monoisotopic (exact) mass is 177 g/mol. The molecule has 1 heterocycles. The molecule has 0 spiro atoms. The smallest absolute Gasteiger partial charge is 0.190 e. The van der Waals surface area contributed by atoms with Gasteiger partial charge < -0.3 is 4.74 Å². The third-order valence-corrected chi connectivity index (χ3v) is 2.21. The van der Waals surface area contributed by atoms with E-state index in [2.05, 4.69) is 37.9 Å². The van der Waals surface area contributed by atoms with Gasteiger partial charge in [-0.1, -0.05) is 39.0 Å². The van der Waals surface area contributed by atoms with Crippen LogP contribution in [-0.2, 0) is 4.74 Å². The van der Waals surface area contributed by atoms with E-state index in [0.29, 0.717) is 0 Å². The Labute approximate surface area is 79.0 Å². The number of hydrogen-bond acceptors (Lipinski definition) is 2. The van der Waals surface area contributed by atoms with Crippen LogP contribution in [0.1, 0.15) is 20.8 Å². The molecule has 0 saturated heterocycles. The van der Waals surface area contributed by atoms with Gasteiger partial charge in [0.25, 0.3) is 0 Å². The van der Waals surface area contributed by atoms with Gasteiger partial charge in [0.1, 0.15) is 12.1 Å². The second kappa shape index (κ2) is 2.72. The van der Waals surface area contributed by atoms with Crippen molar-refractivity contribution in [3.63, 3.8) is 0 Å². The highest BCUT2D eigenvalue weighted by atomic mass is 16.5. The first-order valence-electron chi connectivity index (χ1n) is 4.67. The summed E-state index contributed by atoms with van der Waals surface area (Å²) in [6.07, 6.45) is 8.33. The minimum atomic E-state index is 0.0268. The van der Waals surface area contributed by atoms with E-state index in [9.17, 15) is 0 Å². The summed E-state index contributed by atoms with van der Waals surface area (Å²) >= 11 is 0. The Morgan fingerprint density at radius 2 is 1.92 bits per heavy atom. The average Bonchev–Trinajstić information content (AvgIpc) is 2.45. The molecule has 0 bridgehead atoms. The molecule has 13 heavy (non-hydrogen) atoms. The zero-order valence-electron chi connectivity index (χ0n) is 8.32. The van der Waals surface area contributed by atoms with Crippen LogP contribution in [0.3, 0.4) is 0 Å². The van der Waals surface area contributed by atoms with Gasteiger partial charge in [0.05, 0.1) is 0 Å². The summed E-state index contributed by atoms with van der Waals surface area (Å²) in [6.45, 7) is 6.36. The van der Waals surface area contributed by atoms with E-state index < -0.39 is 0 Å². The number of allylic oxidation sites excluding steroid dienone is 2. The fraction of sp³-hybridized carbons (Fsp3) is 0.545. The van der Waals surface area contributed by atoms with Crippen LogP contribution >= 0.6 is 0 Å². The minimum absolute atomic E-state index is 0.0268. The van der Waals surface area contributed by atoms with Gasteiger partial charge in [-0.25, -0.2) is 4.99 Å². The molecule has 0 aromatic rings. The number of hydrogen-bond donors (Lipinski definition) is 0. The number of aliphatic imine (C=N–C) groups is 1. The SMILES string of the molecule is CC(C)(C)C1=NC2C=CC=CC2O1. The third-order valence-electron chi connectivity index (χ3n) is 2.21. The highest BCUT2D eigenvalue weighted by Gasteiger charge is 2.33. The van der Waals surface area contributed by atoms with Gasteiger partial charge in [-0.15, -0.1) is 0 Å². The van der Waals surface area contributed by atoms with Crippen molar-refractivity contribution in [2.45, 2.75) is 32.9 Å². The molecule has 0 aromatic heterocycles. The van der Waals surface area contributed by atoms with E-state index >= 15 is 0 Å². The summed E-state index contributed by atoms with van der Waals surface area (Å²) in [5.41, 5.74) is 0.0268. The predicted octanol–water partition coefficient (Wildman–Crippen LogP) is 2.32. The van der Waals surface area contributed by atoms with Crippen molar-refractivity contribution >= 4 is 5.90 Å². The molecule has 2 rings (SSSR count). The van der Waals surface area contributed by atoms with E-state index in [1.807, 2.05) is 12.2 Å². The van der Waals surface area contributed by atoms with Gasteiger partial charge in [0.15, 0.2) is 5.90 Å². The lowest BCUT2D eigenvalue weighted by atomic mass is 9.97. The summed E-state index contributed by atoms with van der Waals surface area (Å²) in [5, 5.41) is 0. The number of fused-ring (bicyclic) bond motifs is 1. The van der Waals surface area contributed by atoms with E-state index in [0.717, 1.165) is 5.90 Å². The van der Waals surface area contributed by atoms with Crippen LogP contribution in [0.25, 0.3) is 0 Å². The van der Waals surface area contributed by atoms with E-state index in [1.165, 1.54) is 0 Å². The molecule has 2 unspecified atom stereocenters. The lowest BCUT2D eigenvalue weighted by Gasteiger charge is -2.19. The topological polar surface area (TPSA) is 21.6 Å². The van der Waals surface area contributed by atoms with Gasteiger partial charge in [-0.05, 0) is 6.08 Å². The molecule has 70 valence electrons. The highest BCUT2D eigenvalue weighted by Crippen LogP contribution is 2.28. The highest BCUT2D eigenvalue weighted by molar-refractivity contribution is 5.83. The number of rotatable bonds is 0. The summed E-state index contributed by atoms with van der Waals surface area (Å²) in [5.74, 6) is 0.874. The molecule has 1 aliphatic heterocycles. The van der Waals surface area contributed by atoms with Crippen molar-refractivity contribution in [3.05, 3.63) is 24.3 Å². The zero-order valence-corrected chi connectivity index (χ0v) is 8.32. The maximum atomic E-state index is 5.74. The first-order chi connectivity index (χ1) is 6.07. The molecular weight excluding hydrogens is 162 g/mol. The molecule has 2 nitrogen and oxygen atoms in total. The largest absolute Gasteiger partial charge is 0.470 e. The Morgan fingerprint density at radius 1 is 1.23 bits per heavy atom. The Balaban J connectivity index is 2.20. The molecule has 0 radical (unpaired) electrons. The Bertz CT molecular complexity index is 294. The van der Waals surface area contributed by atoms with Crippen LogP contribution in [0.2, 0.25) is 0 Å². The van der Waals surface area contributed by atoms with E-state index in [4.69, 9.17) is 4.74 Å². The van der Waals surface area contributed by atoms with Crippen LogP contribution in [-0.4, -0.2) is 18.0 Å². The summed E-state index contributed by atoms with van der Waals surface area (Å²) in [4.78, 5) is 4.54. The van der Waals surface area contributed by atoms with Crippen molar-refractivity contribution in [3.8, 4) is 0 Å². The molecular formula is C11H15NO. The molecule has 0 N–H and O–H groups in total. The fourth-order valence-corrected chi connectivity index (χ4v) is 1.47. The molecule has 2 atom stereocenters. The lowest BCUT2D eigenvalue weighted by molar-refractivity contribution is 0.227. The van der Waals surface area contributed by atoms with Crippen LogP contribution in [0.15, 0.2) is 29.3 Å². The van der Waals surface area contributed by atoms with Crippen LogP contribution in [0, 0.1) is 5.41 Å². The second-order valence-corrected chi connectivity index (χ2v) is 4.53. The molecule has 0 amide bonds. The maximum absolute atomic E-state index is 5.74. The summed E-state index contributed by atoms with van der Waals surface area (Å²) < 4.78 is 5.74. The van der Waals surface area contributed by atoms with Crippen molar-refractivity contribution in [2.75, 3.05) is 0 Å². The van der Waals surface area contributed by atoms with E-state index in [1.54, 1.807) is 0 Å². The molecule has 2 heteroatoms. The normalized spacial score (nSPS) is 31.2. The quantitative estimate of drug-likeness (QED) is 0.556. The first-order valence-corrected chi connectivity index (χ1v) is 4.67. The second-order valence-electron chi connectivity index (χ2n) is 4.53. The zero-order chi connectivity index (χ0) is 9.47. The van der Waals surface area contributed by atoms with E-state index in [-0.39, 0.29) is 17.6 Å². The molecule has 2 aliphatic rings. The Morgan fingerprint density at radius 3 is 2.54 bits per heavy atom. The molecule has 1 aliphatic carbocycles. The fourth-order valence-electron chi connectivity index (χ4n) is 1.47. The predicted molar refractivity (Wildman–Crippen MR) is 53.8 cm³/mol. The van der Waals surface area contributed by atoms with Crippen molar-refractivity contribution in [1.29, 1.82) is 0 Å². The Kier molecular flexibility index (Phi) is 1.79.